The summed E-state index contributed by atoms with van der Waals surface area (Å²) in [6.07, 6.45) is 2.19. The molecule has 2 unspecified atom stereocenters. The van der Waals surface area contributed by atoms with Gasteiger partial charge in [0.1, 0.15) is 0 Å². The first-order chi connectivity index (χ1) is 7.33. The number of rotatable bonds is 3. The average molecular weight is 225 g/mol. The van der Waals surface area contributed by atoms with Crippen LogP contribution in [0.5, 0.6) is 0 Å². The Morgan fingerprint density at radius 1 is 1.47 bits per heavy atom. The van der Waals surface area contributed by atoms with Crippen LogP contribution in [-0.2, 0) is 11.3 Å². The van der Waals surface area contributed by atoms with Crippen molar-refractivity contribution in [2.75, 3.05) is 6.61 Å². The first kappa shape index (κ1) is 11.0. The van der Waals surface area contributed by atoms with E-state index in [9.17, 15) is 0 Å². The molecule has 0 aliphatic carbocycles. The van der Waals surface area contributed by atoms with Crippen LogP contribution >= 0.6 is 11.6 Å². The highest BCUT2D eigenvalue weighted by molar-refractivity contribution is 6.21. The van der Waals surface area contributed by atoms with Crippen molar-refractivity contribution >= 4 is 11.6 Å². The predicted octanol–water partition coefficient (Wildman–Crippen LogP) is 3.71. The molecule has 82 valence electrons. The molecule has 0 fully saturated rings. The maximum Gasteiger partial charge on any atom is 0.0719 e. The molecule has 1 aromatic carbocycles. The van der Waals surface area contributed by atoms with Gasteiger partial charge in [-0.05, 0) is 17.5 Å². The molecule has 1 aromatic rings. The van der Waals surface area contributed by atoms with Crippen molar-refractivity contribution in [2.24, 2.45) is 0 Å². The first-order valence-corrected chi connectivity index (χ1v) is 6.06. The minimum Gasteiger partial charge on any atom is -0.376 e. The molecular weight excluding hydrogens is 208 g/mol. The Labute approximate surface area is 96.4 Å². The molecule has 0 spiro atoms. The lowest BCUT2D eigenvalue weighted by Gasteiger charge is -2.29. The summed E-state index contributed by atoms with van der Waals surface area (Å²) in [5, 5.41) is 0.205. The fraction of sp³-hybridized carbons (Fsp3) is 0.538. The van der Waals surface area contributed by atoms with Crippen molar-refractivity contribution in [3.8, 4) is 0 Å². The number of benzene rings is 1. The summed E-state index contributed by atoms with van der Waals surface area (Å²) < 4.78 is 5.59. The minimum absolute atomic E-state index is 0.205. The molecule has 2 rings (SSSR count). The summed E-state index contributed by atoms with van der Waals surface area (Å²) in [6, 6.07) is 8.48. The van der Waals surface area contributed by atoms with Crippen molar-refractivity contribution < 1.29 is 4.74 Å². The van der Waals surface area contributed by atoms with Crippen molar-refractivity contribution in [1.29, 1.82) is 0 Å². The molecule has 0 amide bonds. The van der Waals surface area contributed by atoms with E-state index in [4.69, 9.17) is 16.3 Å². The Hall–Kier alpha value is -0.530. The van der Waals surface area contributed by atoms with Gasteiger partial charge >= 0.3 is 0 Å². The zero-order chi connectivity index (χ0) is 10.7. The molecule has 15 heavy (non-hydrogen) atoms. The minimum atomic E-state index is 0.205. The zero-order valence-electron chi connectivity index (χ0n) is 9.08. The molecule has 2 atom stereocenters. The Morgan fingerprint density at radius 2 is 2.27 bits per heavy atom. The molecule has 1 aliphatic rings. The molecular formula is C13H17ClO. The SMILES string of the molecule is CCCC(Cl)C1COCc2ccccc21. The van der Waals surface area contributed by atoms with Gasteiger partial charge in [-0.25, -0.2) is 0 Å². The van der Waals surface area contributed by atoms with Crippen LogP contribution in [0.25, 0.3) is 0 Å². The van der Waals surface area contributed by atoms with Crippen LogP contribution in [0.1, 0.15) is 36.8 Å². The third kappa shape index (κ3) is 2.35. The number of hydrogen-bond acceptors (Lipinski definition) is 1. The van der Waals surface area contributed by atoms with E-state index >= 15 is 0 Å². The summed E-state index contributed by atoms with van der Waals surface area (Å²) in [7, 11) is 0. The van der Waals surface area contributed by atoms with E-state index in [1.807, 2.05) is 0 Å². The molecule has 2 heteroatoms. The monoisotopic (exact) mass is 224 g/mol. The Bertz CT molecular complexity index is 324. The van der Waals surface area contributed by atoms with Crippen molar-refractivity contribution in [3.63, 3.8) is 0 Å². The first-order valence-electron chi connectivity index (χ1n) is 5.62. The zero-order valence-corrected chi connectivity index (χ0v) is 9.83. The number of fused-ring (bicyclic) bond motifs is 1. The van der Waals surface area contributed by atoms with Crippen LogP contribution in [-0.4, -0.2) is 12.0 Å². The molecule has 0 saturated carbocycles. The summed E-state index contributed by atoms with van der Waals surface area (Å²) in [6.45, 7) is 3.68. The number of hydrogen-bond donors (Lipinski definition) is 0. The third-order valence-electron chi connectivity index (χ3n) is 3.01. The standard InChI is InChI=1S/C13H17ClO/c1-2-5-13(14)12-9-15-8-10-6-3-4-7-11(10)12/h3-4,6-7,12-13H,2,5,8-9H2,1H3. The molecule has 0 aromatic heterocycles. The van der Waals surface area contributed by atoms with Gasteiger partial charge in [0, 0.05) is 11.3 Å². The highest BCUT2D eigenvalue weighted by atomic mass is 35.5. The number of ether oxygens (including phenoxy) is 1. The molecule has 1 nitrogen and oxygen atoms in total. The highest BCUT2D eigenvalue weighted by Gasteiger charge is 2.26. The van der Waals surface area contributed by atoms with E-state index in [2.05, 4.69) is 31.2 Å². The van der Waals surface area contributed by atoms with E-state index in [0.717, 1.165) is 26.1 Å². The van der Waals surface area contributed by atoms with E-state index in [1.54, 1.807) is 0 Å². The van der Waals surface area contributed by atoms with E-state index in [-0.39, 0.29) is 5.38 Å². The molecule has 1 heterocycles. The highest BCUT2D eigenvalue weighted by Crippen LogP contribution is 2.33. The maximum atomic E-state index is 6.41. The maximum absolute atomic E-state index is 6.41. The largest absolute Gasteiger partial charge is 0.376 e. The average Bonchev–Trinajstić information content (AvgIpc) is 2.28. The fourth-order valence-electron chi connectivity index (χ4n) is 2.19. The predicted molar refractivity (Wildman–Crippen MR) is 63.4 cm³/mol. The number of halogens is 1. The van der Waals surface area contributed by atoms with E-state index in [0.29, 0.717) is 5.92 Å². The topological polar surface area (TPSA) is 9.23 Å². The van der Waals surface area contributed by atoms with Crippen LogP contribution in [0.4, 0.5) is 0 Å². The van der Waals surface area contributed by atoms with Crippen molar-refractivity contribution in [3.05, 3.63) is 35.4 Å². The van der Waals surface area contributed by atoms with Gasteiger partial charge in [0.15, 0.2) is 0 Å². The van der Waals surface area contributed by atoms with Gasteiger partial charge in [-0.15, -0.1) is 11.6 Å². The lowest BCUT2D eigenvalue weighted by atomic mass is 9.89. The molecule has 0 saturated heterocycles. The molecule has 0 bridgehead atoms. The molecule has 0 radical (unpaired) electrons. The summed E-state index contributed by atoms with van der Waals surface area (Å²) in [5.41, 5.74) is 2.69. The smallest absolute Gasteiger partial charge is 0.0719 e. The Kier molecular flexibility index (Phi) is 3.66. The third-order valence-corrected chi connectivity index (χ3v) is 3.53. The summed E-state index contributed by atoms with van der Waals surface area (Å²) >= 11 is 6.41. The normalized spacial score (nSPS) is 22.1. The summed E-state index contributed by atoms with van der Waals surface area (Å²) in [5.74, 6) is 0.372. The van der Waals surface area contributed by atoms with Crippen LogP contribution in [0.3, 0.4) is 0 Å². The van der Waals surface area contributed by atoms with Crippen LogP contribution < -0.4 is 0 Å². The van der Waals surface area contributed by atoms with Gasteiger partial charge in [-0.1, -0.05) is 37.6 Å². The Morgan fingerprint density at radius 3 is 3.07 bits per heavy atom. The van der Waals surface area contributed by atoms with Crippen LogP contribution in [0, 0.1) is 0 Å². The second-order valence-corrected chi connectivity index (χ2v) is 4.69. The van der Waals surface area contributed by atoms with Gasteiger partial charge in [0.2, 0.25) is 0 Å². The van der Waals surface area contributed by atoms with Gasteiger partial charge in [0.05, 0.1) is 13.2 Å². The number of alkyl halides is 1. The fourth-order valence-corrected chi connectivity index (χ4v) is 2.62. The van der Waals surface area contributed by atoms with E-state index < -0.39 is 0 Å². The quantitative estimate of drug-likeness (QED) is 0.712. The lowest BCUT2D eigenvalue weighted by Crippen LogP contribution is -2.24. The second-order valence-electron chi connectivity index (χ2n) is 4.13. The molecule has 0 N–H and O–H groups in total. The van der Waals surface area contributed by atoms with Crippen molar-refractivity contribution in [1.82, 2.24) is 0 Å². The molecule has 1 aliphatic heterocycles. The van der Waals surface area contributed by atoms with Gasteiger partial charge in [0.25, 0.3) is 0 Å². The van der Waals surface area contributed by atoms with Gasteiger partial charge < -0.3 is 4.74 Å². The van der Waals surface area contributed by atoms with Crippen LogP contribution in [0.2, 0.25) is 0 Å². The van der Waals surface area contributed by atoms with E-state index in [1.165, 1.54) is 11.1 Å². The van der Waals surface area contributed by atoms with Gasteiger partial charge in [-0.2, -0.15) is 0 Å². The second kappa shape index (κ2) is 5.00. The van der Waals surface area contributed by atoms with Crippen molar-refractivity contribution in [2.45, 2.75) is 37.7 Å². The van der Waals surface area contributed by atoms with Gasteiger partial charge in [-0.3, -0.25) is 0 Å². The Balaban J connectivity index is 2.21. The summed E-state index contributed by atoms with van der Waals surface area (Å²) in [4.78, 5) is 0. The lowest BCUT2D eigenvalue weighted by molar-refractivity contribution is 0.0891. The van der Waals surface area contributed by atoms with Crippen LogP contribution in [0.15, 0.2) is 24.3 Å².